The van der Waals surface area contributed by atoms with Gasteiger partial charge in [-0.2, -0.15) is 0 Å². The van der Waals surface area contributed by atoms with Crippen LogP contribution in [0.25, 0.3) is 0 Å². The smallest absolute Gasteiger partial charge is 0.0838 e. The van der Waals surface area contributed by atoms with Crippen LogP contribution in [0, 0.1) is 0 Å². The molecule has 2 rings (SSSR count). The van der Waals surface area contributed by atoms with Crippen molar-refractivity contribution in [3.63, 3.8) is 0 Å². The largest absolute Gasteiger partial charge is 0.374 e. The van der Waals surface area contributed by atoms with Gasteiger partial charge in [0.15, 0.2) is 0 Å². The lowest BCUT2D eigenvalue weighted by molar-refractivity contribution is -0.0765. The van der Waals surface area contributed by atoms with Crippen LogP contribution >= 0.6 is 11.3 Å². The Morgan fingerprint density at radius 1 is 1.29 bits per heavy atom. The number of ether oxygens (including phenoxy) is 1. The van der Waals surface area contributed by atoms with Gasteiger partial charge in [-0.3, -0.25) is 4.98 Å². The summed E-state index contributed by atoms with van der Waals surface area (Å²) in [5.74, 6) is 0. The van der Waals surface area contributed by atoms with E-state index < -0.39 is 0 Å². The maximum absolute atomic E-state index is 6.38. The minimum absolute atomic E-state index is 0.0183. The first kappa shape index (κ1) is 16.9. The zero-order valence-corrected chi connectivity index (χ0v) is 14.4. The molecule has 0 spiro atoms. The summed E-state index contributed by atoms with van der Waals surface area (Å²) in [4.78, 5) is 5.61. The molecule has 0 radical (unpaired) electrons. The molecule has 1 aromatic rings. The van der Waals surface area contributed by atoms with Gasteiger partial charge in [-0.1, -0.05) is 32.6 Å². The van der Waals surface area contributed by atoms with E-state index in [0.717, 1.165) is 19.6 Å². The van der Waals surface area contributed by atoms with Gasteiger partial charge >= 0.3 is 0 Å². The molecular formula is C17H30N2OS. The molecule has 1 N–H and O–H groups in total. The summed E-state index contributed by atoms with van der Waals surface area (Å²) in [6.07, 6.45) is 11.9. The van der Waals surface area contributed by atoms with Crippen LogP contribution in [0.5, 0.6) is 0 Å². The summed E-state index contributed by atoms with van der Waals surface area (Å²) in [6.45, 7) is 6.25. The molecule has 1 atom stereocenters. The van der Waals surface area contributed by atoms with Crippen LogP contribution in [0.3, 0.4) is 0 Å². The molecule has 1 unspecified atom stereocenters. The molecule has 21 heavy (non-hydrogen) atoms. The summed E-state index contributed by atoms with van der Waals surface area (Å²) in [5.41, 5.74) is 1.96. The molecule has 0 bridgehead atoms. The maximum Gasteiger partial charge on any atom is 0.0838 e. The van der Waals surface area contributed by atoms with Gasteiger partial charge in [0, 0.05) is 30.1 Å². The second-order valence-corrected chi connectivity index (χ2v) is 7.06. The quantitative estimate of drug-likeness (QED) is 0.731. The molecule has 1 heterocycles. The van der Waals surface area contributed by atoms with Crippen LogP contribution in [-0.2, 0) is 11.2 Å². The van der Waals surface area contributed by atoms with Crippen LogP contribution in [-0.4, -0.2) is 29.8 Å². The molecule has 1 saturated carbocycles. The van der Waals surface area contributed by atoms with Crippen molar-refractivity contribution < 1.29 is 4.74 Å². The molecule has 1 fully saturated rings. The van der Waals surface area contributed by atoms with Gasteiger partial charge in [-0.15, -0.1) is 11.3 Å². The van der Waals surface area contributed by atoms with E-state index >= 15 is 0 Å². The Labute approximate surface area is 133 Å². The normalized spacial score (nSPS) is 20.1. The van der Waals surface area contributed by atoms with Gasteiger partial charge in [-0.05, 0) is 32.7 Å². The van der Waals surface area contributed by atoms with Gasteiger partial charge in [0.05, 0.1) is 11.1 Å². The van der Waals surface area contributed by atoms with Crippen LogP contribution < -0.4 is 5.32 Å². The lowest BCUT2D eigenvalue weighted by atomic mass is 9.83. The highest BCUT2D eigenvalue weighted by molar-refractivity contribution is 7.09. The average Bonchev–Trinajstić information content (AvgIpc) is 2.89. The Balaban J connectivity index is 2.15. The Hall–Kier alpha value is -0.450. The molecule has 0 amide bonds. The van der Waals surface area contributed by atoms with Crippen molar-refractivity contribution in [2.24, 2.45) is 0 Å². The molecule has 0 aliphatic heterocycles. The van der Waals surface area contributed by atoms with Crippen LogP contribution in [0.1, 0.15) is 63.7 Å². The highest BCUT2D eigenvalue weighted by Crippen LogP contribution is 2.35. The molecular weight excluding hydrogens is 280 g/mol. The zero-order chi connectivity index (χ0) is 15.0. The van der Waals surface area contributed by atoms with E-state index in [1.54, 1.807) is 11.3 Å². The predicted molar refractivity (Wildman–Crippen MR) is 90.0 cm³/mol. The third-order valence-electron chi connectivity index (χ3n) is 4.55. The van der Waals surface area contributed by atoms with Crippen LogP contribution in [0.15, 0.2) is 11.7 Å². The summed E-state index contributed by atoms with van der Waals surface area (Å²) >= 11 is 1.76. The zero-order valence-electron chi connectivity index (χ0n) is 13.6. The monoisotopic (exact) mass is 310 g/mol. The van der Waals surface area contributed by atoms with E-state index in [1.165, 1.54) is 49.8 Å². The topological polar surface area (TPSA) is 34.2 Å². The Morgan fingerprint density at radius 3 is 2.62 bits per heavy atom. The Kier molecular flexibility index (Phi) is 7.14. The molecule has 120 valence electrons. The van der Waals surface area contributed by atoms with Crippen molar-refractivity contribution in [3.05, 3.63) is 16.6 Å². The number of rotatable bonds is 8. The van der Waals surface area contributed by atoms with Crippen LogP contribution in [0.2, 0.25) is 0 Å². The second kappa shape index (κ2) is 8.86. The molecule has 1 aliphatic rings. The lowest BCUT2D eigenvalue weighted by Crippen LogP contribution is -2.53. The number of aromatic nitrogens is 1. The van der Waals surface area contributed by atoms with Gasteiger partial charge in [0.2, 0.25) is 0 Å². The molecule has 1 aromatic heterocycles. The maximum atomic E-state index is 6.38. The molecule has 0 saturated heterocycles. The fourth-order valence-electron chi connectivity index (χ4n) is 3.51. The predicted octanol–water partition coefficient (Wildman–Crippen LogP) is 4.18. The summed E-state index contributed by atoms with van der Waals surface area (Å²) in [5, 5.41) is 3.78. The number of thiazole rings is 1. The first-order chi connectivity index (χ1) is 10.3. The molecule has 4 heteroatoms. The number of hydrogen-bond acceptors (Lipinski definition) is 4. The van der Waals surface area contributed by atoms with Gasteiger partial charge < -0.3 is 10.1 Å². The fourth-order valence-corrected chi connectivity index (χ4v) is 4.16. The van der Waals surface area contributed by atoms with Crippen molar-refractivity contribution in [1.29, 1.82) is 0 Å². The fraction of sp³-hybridized carbons (Fsp3) is 0.824. The summed E-state index contributed by atoms with van der Waals surface area (Å²) in [7, 11) is 0. The number of nitrogens with one attached hydrogen (secondary N) is 1. The van der Waals surface area contributed by atoms with Crippen LogP contribution in [0.4, 0.5) is 0 Å². The van der Waals surface area contributed by atoms with E-state index in [0.29, 0.717) is 6.04 Å². The number of hydrogen-bond donors (Lipinski definition) is 1. The average molecular weight is 311 g/mol. The first-order valence-corrected chi connectivity index (χ1v) is 9.43. The van der Waals surface area contributed by atoms with E-state index in [9.17, 15) is 0 Å². The van der Waals surface area contributed by atoms with Gasteiger partial charge in [0.1, 0.15) is 0 Å². The first-order valence-electron chi connectivity index (χ1n) is 8.55. The highest BCUT2D eigenvalue weighted by atomic mass is 32.1. The molecule has 1 aliphatic carbocycles. The van der Waals surface area contributed by atoms with E-state index in [-0.39, 0.29) is 5.60 Å². The third kappa shape index (κ3) is 4.76. The summed E-state index contributed by atoms with van der Waals surface area (Å²) < 4.78 is 6.38. The highest BCUT2D eigenvalue weighted by Gasteiger charge is 2.39. The van der Waals surface area contributed by atoms with Crippen molar-refractivity contribution in [3.8, 4) is 0 Å². The lowest BCUT2D eigenvalue weighted by Gasteiger charge is -2.41. The summed E-state index contributed by atoms with van der Waals surface area (Å²) in [6, 6.07) is 0.413. The van der Waals surface area contributed by atoms with Crippen molar-refractivity contribution in [2.45, 2.75) is 76.9 Å². The number of nitrogens with zero attached hydrogens (tertiary/aromatic N) is 1. The minimum atomic E-state index is 0.0183. The third-order valence-corrected chi connectivity index (χ3v) is 5.35. The Bertz CT molecular complexity index is 372. The van der Waals surface area contributed by atoms with Crippen molar-refractivity contribution in [2.75, 3.05) is 13.2 Å². The minimum Gasteiger partial charge on any atom is -0.374 e. The molecule has 0 aromatic carbocycles. The SMILES string of the molecule is CCCNC(Cc1cncs1)C1(OCC)CCCCCC1. The van der Waals surface area contributed by atoms with Gasteiger partial charge in [0.25, 0.3) is 0 Å². The van der Waals surface area contributed by atoms with E-state index in [1.807, 2.05) is 11.7 Å². The standard InChI is InChI=1S/C17H30N2OS/c1-3-11-19-16(12-15-13-18-14-21-15)17(20-4-2)9-7-5-6-8-10-17/h13-14,16,19H,3-12H2,1-2H3. The second-order valence-electron chi connectivity index (χ2n) is 6.09. The Morgan fingerprint density at radius 2 is 2.05 bits per heavy atom. The van der Waals surface area contributed by atoms with Crippen molar-refractivity contribution >= 4 is 11.3 Å². The van der Waals surface area contributed by atoms with E-state index in [2.05, 4.69) is 24.1 Å². The van der Waals surface area contributed by atoms with Crippen molar-refractivity contribution in [1.82, 2.24) is 10.3 Å². The van der Waals surface area contributed by atoms with Gasteiger partial charge in [-0.25, -0.2) is 0 Å². The van der Waals surface area contributed by atoms with E-state index in [4.69, 9.17) is 4.74 Å². The molecule has 3 nitrogen and oxygen atoms in total.